The first-order valence-electron chi connectivity index (χ1n) is 12.1. The Balaban J connectivity index is 1.29. The number of allylic oxidation sites excluding steroid dienone is 4. The molecule has 5 rings (SSSR count). The lowest BCUT2D eigenvalue weighted by molar-refractivity contribution is -0.672. The van der Waals surface area contributed by atoms with Gasteiger partial charge in [-0.1, -0.05) is 78.5 Å². The van der Waals surface area contributed by atoms with Crippen LogP contribution in [-0.2, 0) is 6.54 Å². The van der Waals surface area contributed by atoms with Crippen LogP contribution in [0, 0.1) is 0 Å². The third-order valence-electron chi connectivity index (χ3n) is 6.00. The molecule has 0 unspecified atom stereocenters. The summed E-state index contributed by atoms with van der Waals surface area (Å²) in [6.45, 7) is 2.10. The van der Waals surface area contributed by atoms with Gasteiger partial charge in [-0.25, -0.2) is 0 Å². The number of benzene rings is 3. The predicted octanol–water partition coefficient (Wildman–Crippen LogP) is 6.22. The van der Waals surface area contributed by atoms with E-state index in [1.165, 1.54) is 21.0 Å². The van der Waals surface area contributed by atoms with E-state index in [1.807, 2.05) is 48.7 Å². The molecule has 0 saturated heterocycles. The smallest absolute Gasteiger partial charge is 0.213 e. The molecule has 0 aliphatic carbocycles. The Kier molecular flexibility index (Phi) is 7.81. The van der Waals surface area contributed by atoms with E-state index in [2.05, 4.69) is 82.3 Å². The quantitative estimate of drug-likeness (QED) is 0.222. The van der Waals surface area contributed by atoms with Crippen molar-refractivity contribution in [3.05, 3.63) is 126 Å². The van der Waals surface area contributed by atoms with Crippen molar-refractivity contribution >= 4 is 34.4 Å². The van der Waals surface area contributed by atoms with Crippen molar-refractivity contribution < 1.29 is 14.4 Å². The van der Waals surface area contributed by atoms with Gasteiger partial charge in [0, 0.05) is 17.0 Å². The van der Waals surface area contributed by atoms with Crippen LogP contribution in [-0.4, -0.2) is 24.9 Å². The van der Waals surface area contributed by atoms with Gasteiger partial charge in [0.2, 0.25) is 5.52 Å². The zero-order valence-corrected chi connectivity index (χ0v) is 20.9. The van der Waals surface area contributed by atoms with E-state index in [0.717, 1.165) is 23.4 Å². The fourth-order valence-corrected chi connectivity index (χ4v) is 5.40. The molecule has 5 heteroatoms. The highest BCUT2D eigenvalue weighted by Crippen LogP contribution is 2.45. The van der Waals surface area contributed by atoms with Crippen LogP contribution in [0.1, 0.15) is 5.56 Å². The molecule has 0 saturated carbocycles. The van der Waals surface area contributed by atoms with E-state index >= 15 is 0 Å². The molecule has 1 N–H and O–H groups in total. The first-order chi connectivity index (χ1) is 17.8. The van der Waals surface area contributed by atoms with Gasteiger partial charge in [0.1, 0.15) is 19.0 Å². The molecular weight excluding hydrogens is 464 g/mol. The maximum atomic E-state index is 9.35. The molecule has 1 aromatic heterocycles. The van der Waals surface area contributed by atoms with Gasteiger partial charge in [0.25, 0.3) is 0 Å². The molecule has 1 aliphatic heterocycles. The number of rotatable bonds is 9. The van der Waals surface area contributed by atoms with E-state index in [9.17, 15) is 5.11 Å². The zero-order valence-electron chi connectivity index (χ0n) is 20.0. The normalized spacial score (nSPS) is 14.4. The molecule has 1 aliphatic rings. The van der Waals surface area contributed by atoms with Crippen LogP contribution in [0.4, 0.5) is 5.69 Å². The van der Waals surface area contributed by atoms with Gasteiger partial charge in [0.15, 0.2) is 12.7 Å². The van der Waals surface area contributed by atoms with E-state index in [4.69, 9.17) is 4.74 Å². The number of fused-ring (bicyclic) bond motifs is 2. The summed E-state index contributed by atoms with van der Waals surface area (Å²) in [5.74, 6) is 0.892. The van der Waals surface area contributed by atoms with E-state index in [-0.39, 0.29) is 6.61 Å². The highest BCUT2D eigenvalue weighted by molar-refractivity contribution is 8.03. The SMILES string of the molecule is OCC[n+]1ccc(/C=C/C=C/C=C2\Sc3ccccc3N2CCOc2ccccc2)c2ccccc21. The van der Waals surface area contributed by atoms with Gasteiger partial charge >= 0.3 is 0 Å². The zero-order chi connectivity index (χ0) is 24.6. The molecule has 36 heavy (non-hydrogen) atoms. The summed E-state index contributed by atoms with van der Waals surface area (Å²) in [7, 11) is 0. The van der Waals surface area contributed by atoms with Crippen molar-refractivity contribution in [3.63, 3.8) is 0 Å². The van der Waals surface area contributed by atoms with Crippen LogP contribution in [0.2, 0.25) is 0 Å². The topological polar surface area (TPSA) is 36.6 Å². The lowest BCUT2D eigenvalue weighted by Gasteiger charge is -2.20. The van der Waals surface area contributed by atoms with Gasteiger partial charge < -0.3 is 14.7 Å². The second-order valence-corrected chi connectivity index (χ2v) is 9.40. The number of anilines is 1. The lowest BCUT2D eigenvalue weighted by atomic mass is 10.1. The van der Waals surface area contributed by atoms with Crippen molar-refractivity contribution in [1.29, 1.82) is 0 Å². The molecule has 4 aromatic rings. The Morgan fingerprint density at radius 2 is 1.67 bits per heavy atom. The Labute approximate surface area is 216 Å². The van der Waals surface area contributed by atoms with Crippen molar-refractivity contribution in [2.45, 2.75) is 11.4 Å². The lowest BCUT2D eigenvalue weighted by Crippen LogP contribution is -2.36. The summed E-state index contributed by atoms with van der Waals surface area (Å²) < 4.78 is 8.04. The summed E-state index contributed by atoms with van der Waals surface area (Å²) in [6.07, 6.45) is 12.6. The molecule has 3 aromatic carbocycles. The molecule has 180 valence electrons. The van der Waals surface area contributed by atoms with Crippen LogP contribution in [0.5, 0.6) is 5.75 Å². The van der Waals surface area contributed by atoms with Gasteiger partial charge in [-0.05, 0) is 42.0 Å². The molecular formula is C31H29N2O2S+. The predicted molar refractivity (Wildman–Crippen MR) is 149 cm³/mol. The number of hydrogen-bond acceptors (Lipinski definition) is 4. The minimum absolute atomic E-state index is 0.124. The molecule has 0 amide bonds. The number of thioether (sulfide) groups is 1. The van der Waals surface area contributed by atoms with E-state index < -0.39 is 0 Å². The summed E-state index contributed by atoms with van der Waals surface area (Å²) in [5, 5.41) is 11.7. The molecule has 0 radical (unpaired) electrons. The average molecular weight is 494 g/mol. The van der Waals surface area contributed by atoms with Gasteiger partial charge in [0.05, 0.1) is 22.6 Å². The monoisotopic (exact) mass is 493 g/mol. The molecule has 0 fully saturated rings. The third-order valence-corrected chi connectivity index (χ3v) is 7.13. The summed E-state index contributed by atoms with van der Waals surface area (Å²) in [5.41, 5.74) is 3.49. The average Bonchev–Trinajstić information content (AvgIpc) is 3.27. The van der Waals surface area contributed by atoms with Crippen molar-refractivity contribution in [2.24, 2.45) is 0 Å². The first-order valence-corrected chi connectivity index (χ1v) is 12.9. The molecule has 4 nitrogen and oxygen atoms in total. The highest BCUT2D eigenvalue weighted by atomic mass is 32.2. The van der Waals surface area contributed by atoms with E-state index in [0.29, 0.717) is 13.2 Å². The van der Waals surface area contributed by atoms with Crippen LogP contribution < -0.4 is 14.2 Å². The van der Waals surface area contributed by atoms with Crippen molar-refractivity contribution in [1.82, 2.24) is 0 Å². The van der Waals surface area contributed by atoms with Crippen molar-refractivity contribution in [2.75, 3.05) is 24.7 Å². The second kappa shape index (κ2) is 11.8. The minimum atomic E-state index is 0.124. The molecule has 0 bridgehead atoms. The number of aliphatic hydroxyl groups excluding tert-OH is 1. The highest BCUT2D eigenvalue weighted by Gasteiger charge is 2.24. The van der Waals surface area contributed by atoms with E-state index in [1.54, 1.807) is 11.8 Å². The summed E-state index contributed by atoms with van der Waals surface area (Å²) in [4.78, 5) is 3.58. The number of ether oxygens (including phenoxy) is 1. The van der Waals surface area contributed by atoms with Crippen LogP contribution in [0.25, 0.3) is 17.0 Å². The number of para-hydroxylation sites is 3. The number of aliphatic hydroxyl groups is 1. The van der Waals surface area contributed by atoms with Gasteiger partial charge in [-0.15, -0.1) is 0 Å². The van der Waals surface area contributed by atoms with Crippen LogP contribution >= 0.6 is 11.8 Å². The van der Waals surface area contributed by atoms with Gasteiger partial charge in [-0.2, -0.15) is 4.57 Å². The Morgan fingerprint density at radius 3 is 2.56 bits per heavy atom. The van der Waals surface area contributed by atoms with Crippen LogP contribution in [0.3, 0.4) is 0 Å². The Morgan fingerprint density at radius 1 is 0.861 bits per heavy atom. The second-order valence-electron chi connectivity index (χ2n) is 8.34. The fraction of sp³-hybridized carbons (Fsp3) is 0.129. The summed E-state index contributed by atoms with van der Waals surface area (Å²) in [6, 6.07) is 28.8. The molecule has 2 heterocycles. The molecule has 0 atom stereocenters. The number of nitrogens with zero attached hydrogens (tertiary/aromatic N) is 2. The number of pyridine rings is 1. The third kappa shape index (κ3) is 5.54. The molecule has 0 spiro atoms. The fourth-order valence-electron chi connectivity index (χ4n) is 4.30. The minimum Gasteiger partial charge on any atom is -0.492 e. The first kappa shape index (κ1) is 23.9. The van der Waals surface area contributed by atoms with Crippen LogP contribution in [0.15, 0.2) is 125 Å². The largest absolute Gasteiger partial charge is 0.492 e. The number of aromatic nitrogens is 1. The Hall–Kier alpha value is -3.80. The number of hydrogen-bond donors (Lipinski definition) is 1. The maximum Gasteiger partial charge on any atom is 0.213 e. The maximum absolute atomic E-state index is 9.35. The standard InChI is InChI=1S/C31H29N2O2S/c34-23-21-32-20-19-25(27-14-7-8-15-28(27)32)11-3-1-6-18-31-33(29-16-9-10-17-30(29)36-31)22-24-35-26-12-4-2-5-13-26/h1-20,34H,21-24H2/q+1. The summed E-state index contributed by atoms with van der Waals surface area (Å²) >= 11 is 1.79. The van der Waals surface area contributed by atoms with Gasteiger partial charge in [-0.3, -0.25) is 0 Å². The Bertz CT molecular complexity index is 1410. The van der Waals surface area contributed by atoms with Crippen molar-refractivity contribution in [3.8, 4) is 5.75 Å².